The zero-order valence-corrected chi connectivity index (χ0v) is 14.1. The molecule has 0 bridgehead atoms. The summed E-state index contributed by atoms with van der Waals surface area (Å²) < 4.78 is 4.73. The quantitative estimate of drug-likeness (QED) is 0.404. The molecule has 4 heteroatoms. The Hall–Kier alpha value is -0.870. The van der Waals surface area contributed by atoms with Crippen molar-refractivity contribution in [2.24, 2.45) is 11.8 Å². The third kappa shape index (κ3) is 5.44. The average molecular weight is 298 g/mol. The topological polar surface area (TPSA) is 44.8 Å². The van der Waals surface area contributed by atoms with Gasteiger partial charge in [-0.1, -0.05) is 46.3 Å². The van der Waals surface area contributed by atoms with Crippen LogP contribution in [-0.4, -0.2) is 24.8 Å². The first-order chi connectivity index (χ1) is 9.96. The molecule has 1 rings (SSSR count). The van der Waals surface area contributed by atoms with E-state index in [1.165, 1.54) is 7.11 Å². The Morgan fingerprint density at radius 2 is 2.14 bits per heavy atom. The fourth-order valence-electron chi connectivity index (χ4n) is 2.67. The molecule has 0 aromatic carbocycles. The van der Waals surface area contributed by atoms with Crippen LogP contribution in [0.1, 0.15) is 59.8 Å². The highest BCUT2D eigenvalue weighted by Crippen LogP contribution is 2.38. The Morgan fingerprint density at radius 1 is 1.43 bits per heavy atom. The van der Waals surface area contributed by atoms with E-state index in [-0.39, 0.29) is 24.1 Å². The first-order valence-electron chi connectivity index (χ1n) is 8.05. The van der Waals surface area contributed by atoms with Gasteiger partial charge in [0, 0.05) is 0 Å². The molecule has 4 nitrogen and oxygen atoms in total. The zero-order valence-electron chi connectivity index (χ0n) is 14.1. The second-order valence-corrected chi connectivity index (χ2v) is 6.32. The maximum absolute atomic E-state index is 11.4. The van der Waals surface area contributed by atoms with Crippen molar-refractivity contribution in [1.82, 2.24) is 0 Å². The van der Waals surface area contributed by atoms with Crippen molar-refractivity contribution in [3.8, 4) is 0 Å². The molecule has 1 aliphatic heterocycles. The van der Waals surface area contributed by atoms with Crippen LogP contribution in [0.5, 0.6) is 0 Å². The lowest BCUT2D eigenvalue weighted by Gasteiger charge is -2.41. The van der Waals surface area contributed by atoms with Crippen LogP contribution in [0.4, 0.5) is 0 Å². The van der Waals surface area contributed by atoms with Gasteiger partial charge in [-0.15, -0.1) is 0 Å². The lowest BCUT2D eigenvalue weighted by molar-refractivity contribution is -0.409. The van der Waals surface area contributed by atoms with Crippen LogP contribution in [0.3, 0.4) is 0 Å². The van der Waals surface area contributed by atoms with E-state index < -0.39 is 0 Å². The Labute approximate surface area is 128 Å². The van der Waals surface area contributed by atoms with Crippen molar-refractivity contribution in [2.45, 2.75) is 71.5 Å². The van der Waals surface area contributed by atoms with Gasteiger partial charge in [0.05, 0.1) is 13.5 Å². The van der Waals surface area contributed by atoms with Crippen LogP contribution >= 0.6 is 0 Å². The summed E-state index contributed by atoms with van der Waals surface area (Å²) in [6, 6.07) is 0. The van der Waals surface area contributed by atoms with Crippen LogP contribution in [0.2, 0.25) is 0 Å². The minimum atomic E-state index is -0.359. The summed E-state index contributed by atoms with van der Waals surface area (Å²) in [5.41, 5.74) is -0.359. The minimum absolute atomic E-state index is 0.208. The Bertz CT molecular complexity index is 351. The van der Waals surface area contributed by atoms with Crippen molar-refractivity contribution in [3.05, 3.63) is 12.2 Å². The average Bonchev–Trinajstić information content (AvgIpc) is 2.48. The molecule has 0 amide bonds. The van der Waals surface area contributed by atoms with Crippen LogP contribution in [0, 0.1) is 11.8 Å². The number of hydrogen-bond donors (Lipinski definition) is 0. The highest BCUT2D eigenvalue weighted by Gasteiger charge is 2.41. The molecule has 0 N–H and O–H groups in total. The molecule has 1 aliphatic rings. The lowest BCUT2D eigenvalue weighted by atomic mass is 9.81. The van der Waals surface area contributed by atoms with Gasteiger partial charge in [-0.3, -0.25) is 4.79 Å². The highest BCUT2D eigenvalue weighted by atomic mass is 17.2. The van der Waals surface area contributed by atoms with Crippen molar-refractivity contribution in [3.63, 3.8) is 0 Å². The van der Waals surface area contributed by atoms with E-state index in [1.54, 1.807) is 0 Å². The molecule has 3 atom stereocenters. The minimum Gasteiger partial charge on any atom is -0.469 e. The van der Waals surface area contributed by atoms with E-state index >= 15 is 0 Å². The summed E-state index contributed by atoms with van der Waals surface area (Å²) in [5, 5.41) is 0. The molecule has 0 saturated carbocycles. The maximum Gasteiger partial charge on any atom is 0.308 e. The normalized spacial score (nSPS) is 30.0. The first-order valence-corrected chi connectivity index (χ1v) is 8.05. The number of carbonyl (C=O) groups excluding carboxylic acids is 1. The summed E-state index contributed by atoms with van der Waals surface area (Å²) in [5.74, 6) is 0.691. The summed E-state index contributed by atoms with van der Waals surface area (Å²) in [6.45, 7) is 8.63. The van der Waals surface area contributed by atoms with Crippen LogP contribution in [-0.2, 0) is 19.3 Å². The van der Waals surface area contributed by atoms with Gasteiger partial charge in [0.2, 0.25) is 0 Å². The molecule has 1 heterocycles. The zero-order chi connectivity index (χ0) is 15.9. The molecule has 122 valence electrons. The molecule has 1 saturated heterocycles. The van der Waals surface area contributed by atoms with Gasteiger partial charge in [-0.05, 0) is 31.1 Å². The van der Waals surface area contributed by atoms with E-state index in [0.29, 0.717) is 11.8 Å². The molecule has 2 unspecified atom stereocenters. The molecule has 1 fully saturated rings. The number of methoxy groups -OCH3 is 1. The summed E-state index contributed by atoms with van der Waals surface area (Å²) in [6.07, 6.45) is 8.12. The number of allylic oxidation sites excluding steroid dienone is 1. The van der Waals surface area contributed by atoms with E-state index in [0.717, 1.165) is 25.7 Å². The first kappa shape index (κ1) is 18.2. The fourth-order valence-corrected chi connectivity index (χ4v) is 2.67. The van der Waals surface area contributed by atoms with Crippen LogP contribution < -0.4 is 0 Å². The van der Waals surface area contributed by atoms with Gasteiger partial charge in [0.25, 0.3) is 0 Å². The third-order valence-electron chi connectivity index (χ3n) is 4.22. The third-order valence-corrected chi connectivity index (χ3v) is 4.22. The monoisotopic (exact) mass is 298 g/mol. The smallest absolute Gasteiger partial charge is 0.308 e. The Kier molecular flexibility index (Phi) is 7.40. The second kappa shape index (κ2) is 8.54. The number of rotatable bonds is 7. The largest absolute Gasteiger partial charge is 0.469 e. The van der Waals surface area contributed by atoms with E-state index in [1.807, 2.05) is 0 Å². The lowest BCUT2D eigenvalue weighted by Crippen LogP contribution is -2.44. The maximum atomic E-state index is 11.4. The molecular weight excluding hydrogens is 268 g/mol. The van der Waals surface area contributed by atoms with Gasteiger partial charge in [0.1, 0.15) is 11.7 Å². The number of ether oxygens (including phenoxy) is 1. The fraction of sp³-hybridized carbons (Fsp3) is 0.824. The Morgan fingerprint density at radius 3 is 2.67 bits per heavy atom. The van der Waals surface area contributed by atoms with Crippen molar-refractivity contribution < 1.29 is 19.3 Å². The Balaban J connectivity index is 2.71. The van der Waals surface area contributed by atoms with Gasteiger partial charge in [-0.25, -0.2) is 9.78 Å². The van der Waals surface area contributed by atoms with Gasteiger partial charge < -0.3 is 4.74 Å². The van der Waals surface area contributed by atoms with E-state index in [4.69, 9.17) is 14.5 Å². The SMILES string of the molecule is CCC1C[C@@](/C=C/CC(C)C)(CC)OOC1CC(=O)OC. The standard InChI is InChI=1S/C17H30O4/c1-6-14-12-17(7-2,10-8-9-13(3)4)21-20-15(14)11-16(18)19-5/h8,10,13-15H,6-7,9,11-12H2,1-5H3/b10-8+/t14?,15?,17-/m0/s1. The molecule has 0 radical (unpaired) electrons. The molecule has 0 aliphatic carbocycles. The van der Waals surface area contributed by atoms with Gasteiger partial charge in [0.15, 0.2) is 0 Å². The van der Waals surface area contributed by atoms with Crippen molar-refractivity contribution >= 4 is 5.97 Å². The molecule has 0 spiro atoms. The van der Waals surface area contributed by atoms with Gasteiger partial charge >= 0.3 is 5.97 Å². The molecular formula is C17H30O4. The predicted molar refractivity (Wildman–Crippen MR) is 82.6 cm³/mol. The number of esters is 1. The van der Waals surface area contributed by atoms with Crippen LogP contribution in [0.15, 0.2) is 12.2 Å². The van der Waals surface area contributed by atoms with E-state index in [2.05, 4.69) is 39.8 Å². The molecule has 0 aromatic rings. The van der Waals surface area contributed by atoms with Crippen LogP contribution in [0.25, 0.3) is 0 Å². The highest BCUT2D eigenvalue weighted by molar-refractivity contribution is 5.69. The number of carbonyl (C=O) groups is 1. The number of hydrogen-bond acceptors (Lipinski definition) is 4. The second-order valence-electron chi connectivity index (χ2n) is 6.32. The predicted octanol–water partition coefficient (Wildman–Crippen LogP) is 4.05. The van der Waals surface area contributed by atoms with Crippen molar-refractivity contribution in [2.75, 3.05) is 7.11 Å². The summed E-state index contributed by atoms with van der Waals surface area (Å²) in [4.78, 5) is 22.7. The molecule has 21 heavy (non-hydrogen) atoms. The summed E-state index contributed by atoms with van der Waals surface area (Å²) in [7, 11) is 1.40. The van der Waals surface area contributed by atoms with Crippen molar-refractivity contribution in [1.29, 1.82) is 0 Å². The van der Waals surface area contributed by atoms with Gasteiger partial charge in [-0.2, -0.15) is 0 Å². The summed E-state index contributed by atoms with van der Waals surface area (Å²) >= 11 is 0. The van der Waals surface area contributed by atoms with E-state index in [9.17, 15) is 4.79 Å². The molecule has 0 aromatic heterocycles.